The summed E-state index contributed by atoms with van der Waals surface area (Å²) in [6, 6.07) is 4.60. The van der Waals surface area contributed by atoms with Gasteiger partial charge < -0.3 is 20.8 Å². The maximum absolute atomic E-state index is 11.6. The molecule has 1 aromatic rings. The molecule has 0 fully saturated rings. The molecule has 8 heteroatoms. The van der Waals surface area contributed by atoms with Gasteiger partial charge in [-0.25, -0.2) is 4.79 Å². The molecule has 112 valence electrons. The van der Waals surface area contributed by atoms with Crippen LogP contribution in [0.25, 0.3) is 0 Å². The smallest absolute Gasteiger partial charge is 0.328 e. The van der Waals surface area contributed by atoms with E-state index in [0.717, 1.165) is 0 Å². The van der Waals surface area contributed by atoms with Crippen LogP contribution in [0.1, 0.15) is 18.4 Å². The number of nitrogens with zero attached hydrogens (tertiary/aromatic N) is 1. The highest BCUT2D eigenvalue weighted by Gasteiger charge is 2.17. The molecule has 8 nitrogen and oxygen atoms in total. The van der Waals surface area contributed by atoms with E-state index in [1.807, 2.05) is 0 Å². The highest BCUT2D eigenvalue weighted by atomic mass is 16.5. The largest absolute Gasteiger partial charge is 0.481 e. The number of esters is 1. The molecule has 4 N–H and O–H groups in total. The van der Waals surface area contributed by atoms with Gasteiger partial charge in [-0.1, -0.05) is 5.16 Å². The lowest BCUT2D eigenvalue weighted by Gasteiger charge is -2.10. The molecule has 0 unspecified atom stereocenters. The molecule has 0 saturated heterocycles. The van der Waals surface area contributed by atoms with E-state index in [1.165, 1.54) is 24.3 Å². The number of aliphatic carboxylic acids is 1. The number of carboxylic acid groups (broad SMARTS) is 1. The summed E-state index contributed by atoms with van der Waals surface area (Å²) in [5.41, 5.74) is 5.69. The lowest BCUT2D eigenvalue weighted by molar-refractivity contribution is -0.138. The summed E-state index contributed by atoms with van der Waals surface area (Å²) in [7, 11) is 0. The molecule has 0 heterocycles. The Kier molecular flexibility index (Phi) is 6.02. The summed E-state index contributed by atoms with van der Waals surface area (Å²) in [6.45, 7) is 0. The SMILES string of the molecule is N[C@H](CCC(=O)O)C(=O)Oc1ccc(C(C=O)=NO)cc1. The van der Waals surface area contributed by atoms with E-state index in [9.17, 15) is 14.4 Å². The van der Waals surface area contributed by atoms with Gasteiger partial charge in [-0.2, -0.15) is 0 Å². The number of carbonyl (C=O) groups is 3. The Morgan fingerprint density at radius 1 is 1.33 bits per heavy atom. The monoisotopic (exact) mass is 294 g/mol. The van der Waals surface area contributed by atoms with Crippen molar-refractivity contribution in [1.29, 1.82) is 0 Å². The van der Waals surface area contributed by atoms with Gasteiger partial charge in [0.15, 0.2) is 6.29 Å². The van der Waals surface area contributed by atoms with Crippen molar-refractivity contribution in [2.24, 2.45) is 10.9 Å². The fourth-order valence-electron chi connectivity index (χ4n) is 1.43. The fraction of sp³-hybridized carbons (Fsp3) is 0.231. The second kappa shape index (κ2) is 7.75. The Morgan fingerprint density at radius 2 is 1.95 bits per heavy atom. The quantitative estimate of drug-likeness (QED) is 0.162. The zero-order chi connectivity index (χ0) is 15.8. The average Bonchev–Trinajstić information content (AvgIpc) is 2.47. The van der Waals surface area contributed by atoms with Crippen molar-refractivity contribution in [3.05, 3.63) is 29.8 Å². The van der Waals surface area contributed by atoms with Crippen LogP contribution in [-0.2, 0) is 14.4 Å². The number of hydrogen-bond donors (Lipinski definition) is 3. The van der Waals surface area contributed by atoms with Gasteiger partial charge in [-0.15, -0.1) is 0 Å². The first-order valence-corrected chi connectivity index (χ1v) is 5.94. The average molecular weight is 294 g/mol. The van der Waals surface area contributed by atoms with Crippen molar-refractivity contribution < 1.29 is 29.4 Å². The lowest BCUT2D eigenvalue weighted by atomic mass is 10.1. The third kappa shape index (κ3) is 5.03. The molecule has 21 heavy (non-hydrogen) atoms. The molecule has 0 radical (unpaired) electrons. The van der Waals surface area contributed by atoms with Gasteiger partial charge in [0, 0.05) is 12.0 Å². The minimum atomic E-state index is -1.05. The number of rotatable bonds is 7. The van der Waals surface area contributed by atoms with Gasteiger partial charge in [-0.05, 0) is 30.7 Å². The summed E-state index contributed by atoms with van der Waals surface area (Å²) >= 11 is 0. The molecule has 0 aliphatic carbocycles. The van der Waals surface area contributed by atoms with E-state index in [-0.39, 0.29) is 24.3 Å². The molecule has 1 atom stereocenters. The number of aldehydes is 1. The molecular weight excluding hydrogens is 280 g/mol. The van der Waals surface area contributed by atoms with E-state index < -0.39 is 18.0 Å². The van der Waals surface area contributed by atoms with Gasteiger partial charge in [-0.3, -0.25) is 9.59 Å². The molecule has 0 aliphatic heterocycles. The maximum Gasteiger partial charge on any atom is 0.328 e. The molecule has 0 saturated carbocycles. The van der Waals surface area contributed by atoms with Crippen molar-refractivity contribution in [3.63, 3.8) is 0 Å². The van der Waals surface area contributed by atoms with Gasteiger partial charge in [0.1, 0.15) is 17.5 Å². The summed E-state index contributed by atoms with van der Waals surface area (Å²) in [6.07, 6.45) is 0.117. The van der Waals surface area contributed by atoms with Crippen LogP contribution < -0.4 is 10.5 Å². The second-order valence-corrected chi connectivity index (χ2v) is 4.09. The van der Waals surface area contributed by atoms with Crippen LogP contribution >= 0.6 is 0 Å². The maximum atomic E-state index is 11.6. The highest BCUT2D eigenvalue weighted by molar-refractivity contribution is 6.36. The Labute approximate surface area is 119 Å². The van der Waals surface area contributed by atoms with E-state index in [0.29, 0.717) is 11.8 Å². The normalized spacial score (nSPS) is 12.5. The zero-order valence-corrected chi connectivity index (χ0v) is 10.9. The lowest BCUT2D eigenvalue weighted by Crippen LogP contribution is -2.34. The number of nitrogens with two attached hydrogens (primary N) is 1. The van der Waals surface area contributed by atoms with Gasteiger partial charge >= 0.3 is 11.9 Å². The molecular formula is C13H14N2O6. The molecule has 0 bridgehead atoms. The van der Waals surface area contributed by atoms with Crippen LogP contribution in [0, 0.1) is 0 Å². The third-order valence-electron chi connectivity index (χ3n) is 2.56. The number of hydrogen-bond acceptors (Lipinski definition) is 7. The Bertz CT molecular complexity index is 552. The first kappa shape index (κ1) is 16.3. The van der Waals surface area contributed by atoms with Gasteiger partial charge in [0.25, 0.3) is 0 Å². The summed E-state index contributed by atoms with van der Waals surface area (Å²) in [5.74, 6) is -1.62. The second-order valence-electron chi connectivity index (χ2n) is 4.09. The van der Waals surface area contributed by atoms with Crippen molar-refractivity contribution in [3.8, 4) is 5.75 Å². The molecule has 0 spiro atoms. The van der Waals surface area contributed by atoms with E-state index >= 15 is 0 Å². The van der Waals surface area contributed by atoms with Crippen molar-refractivity contribution >= 4 is 23.9 Å². The van der Waals surface area contributed by atoms with Crippen molar-refractivity contribution in [2.45, 2.75) is 18.9 Å². The topological polar surface area (TPSA) is 139 Å². The number of oxime groups is 1. The predicted octanol–water partition coefficient (Wildman–Crippen LogP) is 0.161. The Balaban J connectivity index is 2.65. The number of carbonyl (C=O) groups excluding carboxylic acids is 2. The van der Waals surface area contributed by atoms with E-state index in [4.69, 9.17) is 20.8 Å². The van der Waals surface area contributed by atoms with Crippen LogP contribution in [0.4, 0.5) is 0 Å². The van der Waals surface area contributed by atoms with Crippen molar-refractivity contribution in [2.75, 3.05) is 0 Å². The van der Waals surface area contributed by atoms with Crippen LogP contribution in [0.5, 0.6) is 5.75 Å². The number of benzene rings is 1. The minimum Gasteiger partial charge on any atom is -0.481 e. The van der Waals surface area contributed by atoms with Crippen molar-refractivity contribution in [1.82, 2.24) is 0 Å². The van der Waals surface area contributed by atoms with Gasteiger partial charge in [0.2, 0.25) is 0 Å². The summed E-state index contributed by atoms with van der Waals surface area (Å²) < 4.78 is 4.96. The molecule has 0 aromatic heterocycles. The Hall–Kier alpha value is -2.74. The first-order chi connectivity index (χ1) is 9.97. The summed E-state index contributed by atoms with van der Waals surface area (Å²) in [4.78, 5) is 32.5. The van der Waals surface area contributed by atoms with Crippen LogP contribution in [-0.4, -0.2) is 40.3 Å². The van der Waals surface area contributed by atoms with Gasteiger partial charge in [0.05, 0.1) is 0 Å². The number of ether oxygens (including phenoxy) is 1. The molecule has 1 rings (SSSR count). The summed E-state index contributed by atoms with van der Waals surface area (Å²) in [5, 5.41) is 19.9. The fourth-order valence-corrected chi connectivity index (χ4v) is 1.43. The molecule has 0 aliphatic rings. The third-order valence-corrected chi connectivity index (χ3v) is 2.56. The van der Waals surface area contributed by atoms with Crippen LogP contribution in [0.15, 0.2) is 29.4 Å². The number of carboxylic acids is 1. The minimum absolute atomic E-state index is 0.0291. The highest BCUT2D eigenvalue weighted by Crippen LogP contribution is 2.13. The van der Waals surface area contributed by atoms with Crippen LogP contribution in [0.2, 0.25) is 0 Å². The Morgan fingerprint density at radius 3 is 2.43 bits per heavy atom. The zero-order valence-electron chi connectivity index (χ0n) is 10.9. The first-order valence-electron chi connectivity index (χ1n) is 5.94. The standard InChI is InChI=1S/C13H14N2O6/c14-10(5-6-12(17)18)13(19)21-9-3-1-8(2-4-9)11(7-16)15-20/h1-4,7,10,20H,5-6,14H2,(H,17,18)/t10-/m1/s1. The molecule has 0 amide bonds. The van der Waals surface area contributed by atoms with E-state index in [2.05, 4.69) is 5.16 Å². The van der Waals surface area contributed by atoms with Crippen LogP contribution in [0.3, 0.4) is 0 Å². The predicted molar refractivity (Wildman–Crippen MR) is 71.3 cm³/mol. The van der Waals surface area contributed by atoms with E-state index in [1.54, 1.807) is 0 Å². The molecule has 1 aromatic carbocycles.